The Balaban J connectivity index is 2.10. The van der Waals surface area contributed by atoms with Gasteiger partial charge in [-0.25, -0.2) is 4.98 Å². The van der Waals surface area contributed by atoms with Crippen molar-refractivity contribution < 1.29 is 4.92 Å². The predicted molar refractivity (Wildman–Crippen MR) is 83.7 cm³/mol. The molecule has 6 nitrogen and oxygen atoms in total. The minimum absolute atomic E-state index is 0.0323. The van der Waals surface area contributed by atoms with E-state index >= 15 is 0 Å². The van der Waals surface area contributed by atoms with Gasteiger partial charge in [-0.3, -0.25) is 10.1 Å². The summed E-state index contributed by atoms with van der Waals surface area (Å²) in [6.07, 6.45) is 3.12. The molecular weight excluding hydrogens is 280 g/mol. The first-order valence-electron chi connectivity index (χ1n) is 6.98. The van der Waals surface area contributed by atoms with Crippen LogP contribution in [0.1, 0.15) is 18.9 Å². The molecule has 110 valence electrons. The van der Waals surface area contributed by atoms with Crippen LogP contribution < -0.4 is 4.90 Å². The van der Waals surface area contributed by atoms with Crippen molar-refractivity contribution in [2.45, 2.75) is 13.3 Å². The van der Waals surface area contributed by atoms with Crippen LogP contribution in [0.25, 0.3) is 10.9 Å². The van der Waals surface area contributed by atoms with Crippen LogP contribution in [0.2, 0.25) is 0 Å². The molecule has 2 heterocycles. The number of benzene rings is 1. The largest absolute Gasteiger partial charge is 0.353 e. The van der Waals surface area contributed by atoms with Gasteiger partial charge in [0.1, 0.15) is 5.82 Å². The molecule has 0 radical (unpaired) electrons. The van der Waals surface area contributed by atoms with Gasteiger partial charge in [-0.2, -0.15) is 5.26 Å². The van der Waals surface area contributed by atoms with Gasteiger partial charge < -0.3 is 4.90 Å². The Hall–Kier alpha value is -2.94. The summed E-state index contributed by atoms with van der Waals surface area (Å²) in [6, 6.07) is 8.25. The number of pyridine rings is 1. The molecule has 0 saturated heterocycles. The monoisotopic (exact) mass is 294 g/mol. The Morgan fingerprint density at radius 1 is 1.41 bits per heavy atom. The van der Waals surface area contributed by atoms with Gasteiger partial charge in [-0.15, -0.1) is 0 Å². The first-order valence-corrected chi connectivity index (χ1v) is 6.98. The molecule has 1 aliphatic rings. The summed E-state index contributed by atoms with van der Waals surface area (Å²) < 4.78 is 0. The lowest BCUT2D eigenvalue weighted by atomic mass is 10.1. The average molecular weight is 294 g/mol. The van der Waals surface area contributed by atoms with Crippen molar-refractivity contribution in [1.29, 1.82) is 5.26 Å². The highest BCUT2D eigenvalue weighted by atomic mass is 16.6. The summed E-state index contributed by atoms with van der Waals surface area (Å²) in [7, 11) is 0. The second-order valence-electron chi connectivity index (χ2n) is 5.34. The molecule has 1 aliphatic heterocycles. The van der Waals surface area contributed by atoms with E-state index in [0.717, 1.165) is 25.3 Å². The number of nitro groups is 1. The quantitative estimate of drug-likeness (QED) is 0.482. The lowest BCUT2D eigenvalue weighted by Crippen LogP contribution is -2.29. The van der Waals surface area contributed by atoms with E-state index in [4.69, 9.17) is 0 Å². The van der Waals surface area contributed by atoms with E-state index in [1.54, 1.807) is 12.1 Å². The normalized spacial score (nSPS) is 14.5. The Morgan fingerprint density at radius 3 is 2.86 bits per heavy atom. The second kappa shape index (κ2) is 5.45. The molecule has 0 aliphatic carbocycles. The molecule has 0 amide bonds. The molecule has 0 atom stereocenters. The number of anilines is 1. The van der Waals surface area contributed by atoms with Gasteiger partial charge in [0.2, 0.25) is 0 Å². The van der Waals surface area contributed by atoms with Crippen molar-refractivity contribution in [1.82, 2.24) is 4.98 Å². The fourth-order valence-corrected chi connectivity index (χ4v) is 2.55. The molecule has 0 bridgehead atoms. The predicted octanol–water partition coefficient (Wildman–Crippen LogP) is 3.17. The van der Waals surface area contributed by atoms with Crippen molar-refractivity contribution in [3.63, 3.8) is 0 Å². The van der Waals surface area contributed by atoms with Crippen LogP contribution in [0.5, 0.6) is 0 Å². The highest BCUT2D eigenvalue weighted by molar-refractivity contribution is 5.88. The summed E-state index contributed by atoms with van der Waals surface area (Å²) in [5, 5.41) is 20.7. The van der Waals surface area contributed by atoms with Crippen LogP contribution in [0, 0.1) is 21.4 Å². The zero-order chi connectivity index (χ0) is 15.7. The maximum atomic E-state index is 10.9. The molecule has 0 N–H and O–H groups in total. The molecule has 0 saturated carbocycles. The number of non-ortho nitro benzene ring substituents is 1. The zero-order valence-corrected chi connectivity index (χ0v) is 12.1. The van der Waals surface area contributed by atoms with Crippen molar-refractivity contribution in [3.05, 3.63) is 51.6 Å². The van der Waals surface area contributed by atoms with Crippen molar-refractivity contribution in [3.8, 4) is 6.07 Å². The third-order valence-electron chi connectivity index (χ3n) is 3.87. The molecule has 0 fully saturated rings. The van der Waals surface area contributed by atoms with E-state index in [-0.39, 0.29) is 5.69 Å². The van der Waals surface area contributed by atoms with Crippen LogP contribution in [-0.2, 0) is 0 Å². The van der Waals surface area contributed by atoms with E-state index in [9.17, 15) is 15.4 Å². The molecule has 0 spiro atoms. The van der Waals surface area contributed by atoms with Crippen LogP contribution in [-0.4, -0.2) is 23.0 Å². The summed E-state index contributed by atoms with van der Waals surface area (Å²) in [4.78, 5) is 17.1. The number of nitriles is 1. The van der Waals surface area contributed by atoms with Gasteiger partial charge >= 0.3 is 0 Å². The minimum Gasteiger partial charge on any atom is -0.353 e. The lowest BCUT2D eigenvalue weighted by Gasteiger charge is -2.26. The van der Waals surface area contributed by atoms with Crippen LogP contribution in [0.3, 0.4) is 0 Å². The van der Waals surface area contributed by atoms with Gasteiger partial charge in [0.25, 0.3) is 5.69 Å². The molecule has 2 aromatic rings. The van der Waals surface area contributed by atoms with E-state index in [0.29, 0.717) is 16.5 Å². The zero-order valence-electron chi connectivity index (χ0n) is 12.1. The van der Waals surface area contributed by atoms with E-state index in [1.165, 1.54) is 17.7 Å². The number of hydrogen-bond donors (Lipinski definition) is 0. The van der Waals surface area contributed by atoms with Crippen molar-refractivity contribution in [2.24, 2.45) is 0 Å². The minimum atomic E-state index is -0.466. The second-order valence-corrected chi connectivity index (χ2v) is 5.34. The SMILES string of the molecule is CC1=CCN(c2cc(C#N)c3cc([N+](=O)[O-])ccc3n2)CC1. The maximum absolute atomic E-state index is 10.9. The third-order valence-corrected chi connectivity index (χ3v) is 3.87. The topological polar surface area (TPSA) is 83.1 Å². The van der Waals surface area contributed by atoms with E-state index in [2.05, 4.69) is 29.0 Å². The molecule has 1 aromatic heterocycles. The fourth-order valence-electron chi connectivity index (χ4n) is 2.55. The number of nitrogens with zero attached hydrogens (tertiary/aromatic N) is 4. The molecule has 0 unspecified atom stereocenters. The molecule has 6 heteroatoms. The van der Waals surface area contributed by atoms with Crippen LogP contribution >= 0.6 is 0 Å². The summed E-state index contributed by atoms with van der Waals surface area (Å²) in [5.74, 6) is 0.738. The fraction of sp³-hybridized carbons (Fsp3) is 0.250. The lowest BCUT2D eigenvalue weighted by molar-refractivity contribution is -0.384. The molecule has 3 rings (SSSR count). The summed E-state index contributed by atoms with van der Waals surface area (Å²) in [5.41, 5.74) is 2.34. The number of fused-ring (bicyclic) bond motifs is 1. The van der Waals surface area contributed by atoms with Gasteiger partial charge in [-0.05, 0) is 25.5 Å². The van der Waals surface area contributed by atoms with Gasteiger partial charge in [0, 0.05) is 30.6 Å². The highest BCUT2D eigenvalue weighted by Crippen LogP contribution is 2.27. The molecule has 1 aromatic carbocycles. The van der Waals surface area contributed by atoms with Crippen molar-refractivity contribution >= 4 is 22.4 Å². The summed E-state index contributed by atoms with van der Waals surface area (Å²) in [6.45, 7) is 3.73. The number of aromatic nitrogens is 1. The summed E-state index contributed by atoms with van der Waals surface area (Å²) >= 11 is 0. The number of rotatable bonds is 2. The Kier molecular flexibility index (Phi) is 3.47. The van der Waals surface area contributed by atoms with Crippen molar-refractivity contribution in [2.75, 3.05) is 18.0 Å². The van der Waals surface area contributed by atoms with Gasteiger partial charge in [0.15, 0.2) is 0 Å². The molecule has 22 heavy (non-hydrogen) atoms. The van der Waals surface area contributed by atoms with E-state index in [1.807, 2.05) is 0 Å². The Morgan fingerprint density at radius 2 is 2.23 bits per heavy atom. The van der Waals surface area contributed by atoms with E-state index < -0.39 is 4.92 Å². The smallest absolute Gasteiger partial charge is 0.270 e. The Bertz CT molecular complexity index is 836. The number of nitro benzene ring substituents is 1. The molecular formula is C16H14N4O2. The first-order chi connectivity index (χ1) is 10.6. The Labute approximate surface area is 127 Å². The standard InChI is InChI=1S/C16H14N4O2/c1-11-4-6-19(7-5-11)16-8-12(10-17)14-9-13(20(21)22)2-3-15(14)18-16/h2-4,8-9H,5-7H2,1H3. The maximum Gasteiger partial charge on any atom is 0.270 e. The van der Waals surface area contributed by atoms with Crippen LogP contribution in [0.4, 0.5) is 11.5 Å². The third kappa shape index (κ3) is 2.49. The first kappa shape index (κ1) is 14.0. The number of hydrogen-bond acceptors (Lipinski definition) is 5. The van der Waals surface area contributed by atoms with Gasteiger partial charge in [0.05, 0.1) is 22.1 Å². The van der Waals surface area contributed by atoms with Gasteiger partial charge in [-0.1, -0.05) is 11.6 Å². The average Bonchev–Trinajstić information content (AvgIpc) is 2.53. The highest BCUT2D eigenvalue weighted by Gasteiger charge is 2.16. The van der Waals surface area contributed by atoms with Crippen LogP contribution in [0.15, 0.2) is 35.9 Å².